The van der Waals surface area contributed by atoms with Crippen LogP contribution in [-0.2, 0) is 0 Å². The summed E-state index contributed by atoms with van der Waals surface area (Å²) < 4.78 is 0. The van der Waals surface area contributed by atoms with Crippen molar-refractivity contribution in [3.8, 4) is 0 Å². The molecule has 0 rings (SSSR count). The molecule has 0 aliphatic carbocycles. The summed E-state index contributed by atoms with van der Waals surface area (Å²) in [5.74, 6) is 0.652. The summed E-state index contributed by atoms with van der Waals surface area (Å²) in [6, 6.07) is 0.792. The van der Waals surface area contributed by atoms with Gasteiger partial charge in [-0.1, -0.05) is 20.8 Å². The van der Waals surface area contributed by atoms with Gasteiger partial charge in [-0.2, -0.15) is 0 Å². The Morgan fingerprint density at radius 2 is 1.83 bits per heavy atom. The Balaban J connectivity index is 3.66. The molecule has 0 aromatic heterocycles. The Morgan fingerprint density at radius 3 is 2.17 bits per heavy atom. The van der Waals surface area contributed by atoms with E-state index in [9.17, 15) is 0 Å². The van der Waals surface area contributed by atoms with Crippen molar-refractivity contribution in [2.45, 2.75) is 52.6 Å². The van der Waals surface area contributed by atoms with E-state index in [0.717, 1.165) is 12.8 Å². The molecule has 0 aromatic carbocycles. The zero-order chi connectivity index (χ0) is 9.56. The fraction of sp³-hybridized carbons (Fsp3) is 1.00. The predicted octanol–water partition coefficient (Wildman–Crippen LogP) is 1.78. The molecule has 0 amide bonds. The Hall–Kier alpha value is -0.0800. The van der Waals surface area contributed by atoms with Crippen LogP contribution < -0.4 is 5.32 Å². The molecule has 0 saturated heterocycles. The van der Waals surface area contributed by atoms with Gasteiger partial charge in [-0.05, 0) is 25.7 Å². The molecule has 0 saturated carbocycles. The van der Waals surface area contributed by atoms with Crippen LogP contribution in [0, 0.1) is 5.92 Å². The van der Waals surface area contributed by atoms with E-state index in [1.165, 1.54) is 0 Å². The van der Waals surface area contributed by atoms with Crippen molar-refractivity contribution in [3.63, 3.8) is 0 Å². The molecule has 2 N–H and O–H groups in total. The lowest BCUT2D eigenvalue weighted by Gasteiger charge is -2.22. The van der Waals surface area contributed by atoms with Gasteiger partial charge in [0.1, 0.15) is 0 Å². The van der Waals surface area contributed by atoms with Crippen LogP contribution in [0.4, 0.5) is 0 Å². The van der Waals surface area contributed by atoms with Gasteiger partial charge < -0.3 is 10.4 Å². The van der Waals surface area contributed by atoms with Crippen molar-refractivity contribution < 1.29 is 5.11 Å². The SMILES string of the molecule is CC[C@H](C)N[C@H](CO)CC(C)C. The van der Waals surface area contributed by atoms with Crippen LogP contribution in [0.25, 0.3) is 0 Å². The van der Waals surface area contributed by atoms with E-state index in [-0.39, 0.29) is 12.6 Å². The molecule has 74 valence electrons. The lowest BCUT2D eigenvalue weighted by atomic mass is 10.0. The third kappa shape index (κ3) is 5.56. The smallest absolute Gasteiger partial charge is 0.0584 e. The molecule has 0 aliphatic rings. The number of hydrogen-bond donors (Lipinski definition) is 2. The maximum Gasteiger partial charge on any atom is 0.0584 e. The average Bonchev–Trinajstić information content (AvgIpc) is 2.02. The van der Waals surface area contributed by atoms with Crippen molar-refractivity contribution in [1.82, 2.24) is 5.32 Å². The maximum atomic E-state index is 9.06. The molecule has 0 heterocycles. The molecule has 12 heavy (non-hydrogen) atoms. The summed E-state index contributed by atoms with van der Waals surface area (Å²) in [7, 11) is 0. The third-order valence-corrected chi connectivity index (χ3v) is 2.11. The van der Waals surface area contributed by atoms with Crippen molar-refractivity contribution in [3.05, 3.63) is 0 Å². The van der Waals surface area contributed by atoms with Gasteiger partial charge in [0.15, 0.2) is 0 Å². The highest BCUT2D eigenvalue weighted by Crippen LogP contribution is 2.05. The lowest BCUT2D eigenvalue weighted by molar-refractivity contribution is 0.214. The molecule has 2 nitrogen and oxygen atoms in total. The summed E-state index contributed by atoms with van der Waals surface area (Å²) in [6.45, 7) is 8.93. The van der Waals surface area contributed by atoms with Crippen LogP contribution in [0.5, 0.6) is 0 Å². The van der Waals surface area contributed by atoms with Gasteiger partial charge in [0.05, 0.1) is 6.61 Å². The first-order valence-corrected chi connectivity index (χ1v) is 4.97. The second-order valence-corrected chi connectivity index (χ2v) is 3.99. The van der Waals surface area contributed by atoms with Gasteiger partial charge in [-0.3, -0.25) is 0 Å². The summed E-state index contributed by atoms with van der Waals surface area (Å²) in [6.07, 6.45) is 2.18. The minimum atomic E-state index is 0.253. The zero-order valence-electron chi connectivity index (χ0n) is 8.80. The van der Waals surface area contributed by atoms with Crippen LogP contribution in [0.2, 0.25) is 0 Å². The van der Waals surface area contributed by atoms with Crippen molar-refractivity contribution >= 4 is 0 Å². The summed E-state index contributed by atoms with van der Waals surface area (Å²) in [5, 5.41) is 12.5. The highest BCUT2D eigenvalue weighted by molar-refractivity contribution is 4.70. The number of aliphatic hydroxyl groups excluding tert-OH is 1. The Kier molecular flexibility index (Phi) is 6.39. The molecule has 2 atom stereocenters. The van der Waals surface area contributed by atoms with Gasteiger partial charge in [0.25, 0.3) is 0 Å². The van der Waals surface area contributed by atoms with Crippen LogP contribution in [-0.4, -0.2) is 23.8 Å². The maximum absolute atomic E-state index is 9.06. The zero-order valence-corrected chi connectivity index (χ0v) is 8.80. The van der Waals surface area contributed by atoms with Crippen molar-refractivity contribution in [2.75, 3.05) is 6.61 Å². The normalized spacial score (nSPS) is 16.5. The molecule has 2 heteroatoms. The third-order valence-electron chi connectivity index (χ3n) is 2.11. The average molecular weight is 173 g/mol. The Bertz CT molecular complexity index is 104. The monoisotopic (exact) mass is 173 g/mol. The highest BCUT2D eigenvalue weighted by Gasteiger charge is 2.10. The minimum absolute atomic E-state index is 0.253. The van der Waals surface area contributed by atoms with Gasteiger partial charge in [-0.15, -0.1) is 0 Å². The van der Waals surface area contributed by atoms with Crippen LogP contribution >= 0.6 is 0 Å². The Labute approximate surface area is 76.4 Å². The van der Waals surface area contributed by atoms with E-state index in [1.54, 1.807) is 0 Å². The summed E-state index contributed by atoms with van der Waals surface area (Å²) in [5.41, 5.74) is 0. The topological polar surface area (TPSA) is 32.3 Å². The summed E-state index contributed by atoms with van der Waals surface area (Å²) >= 11 is 0. The first-order chi connectivity index (χ1) is 5.60. The van der Waals surface area contributed by atoms with Crippen LogP contribution in [0.3, 0.4) is 0 Å². The van der Waals surface area contributed by atoms with Crippen molar-refractivity contribution in [1.29, 1.82) is 0 Å². The quantitative estimate of drug-likeness (QED) is 0.641. The molecule has 0 bridgehead atoms. The number of aliphatic hydroxyl groups is 1. The molecule has 0 radical (unpaired) electrons. The number of rotatable bonds is 6. The Morgan fingerprint density at radius 1 is 1.25 bits per heavy atom. The predicted molar refractivity (Wildman–Crippen MR) is 53.2 cm³/mol. The lowest BCUT2D eigenvalue weighted by Crippen LogP contribution is -2.39. The van der Waals surface area contributed by atoms with Crippen LogP contribution in [0.15, 0.2) is 0 Å². The van der Waals surface area contributed by atoms with Crippen molar-refractivity contribution in [2.24, 2.45) is 5.92 Å². The number of hydrogen-bond acceptors (Lipinski definition) is 2. The second-order valence-electron chi connectivity index (χ2n) is 3.99. The molecular formula is C10H23NO. The first-order valence-electron chi connectivity index (χ1n) is 4.97. The molecule has 0 unspecified atom stereocenters. The fourth-order valence-corrected chi connectivity index (χ4v) is 1.28. The number of nitrogens with one attached hydrogen (secondary N) is 1. The largest absolute Gasteiger partial charge is 0.395 e. The van der Waals surface area contributed by atoms with E-state index in [2.05, 4.69) is 33.0 Å². The standard InChI is InChI=1S/C10H23NO/c1-5-9(4)11-10(7-12)6-8(2)3/h8-12H,5-7H2,1-4H3/t9-,10-/m0/s1. The second kappa shape index (κ2) is 6.44. The highest BCUT2D eigenvalue weighted by atomic mass is 16.3. The van der Waals surface area contributed by atoms with Gasteiger partial charge in [-0.25, -0.2) is 0 Å². The molecule has 0 fully saturated rings. The van der Waals surface area contributed by atoms with Gasteiger partial charge >= 0.3 is 0 Å². The van der Waals surface area contributed by atoms with E-state index < -0.39 is 0 Å². The molecular weight excluding hydrogens is 150 g/mol. The van der Waals surface area contributed by atoms with E-state index in [1.807, 2.05) is 0 Å². The molecule has 0 spiro atoms. The summed E-state index contributed by atoms with van der Waals surface area (Å²) in [4.78, 5) is 0. The fourth-order valence-electron chi connectivity index (χ4n) is 1.28. The van der Waals surface area contributed by atoms with E-state index >= 15 is 0 Å². The van der Waals surface area contributed by atoms with Gasteiger partial charge in [0, 0.05) is 12.1 Å². The van der Waals surface area contributed by atoms with E-state index in [4.69, 9.17) is 5.11 Å². The molecule has 0 aliphatic heterocycles. The minimum Gasteiger partial charge on any atom is -0.395 e. The van der Waals surface area contributed by atoms with E-state index in [0.29, 0.717) is 12.0 Å². The van der Waals surface area contributed by atoms with Gasteiger partial charge in [0.2, 0.25) is 0 Å². The van der Waals surface area contributed by atoms with Crippen LogP contribution in [0.1, 0.15) is 40.5 Å². The molecule has 0 aromatic rings. The first kappa shape index (κ1) is 11.9.